The maximum absolute atomic E-state index is 8.83. The summed E-state index contributed by atoms with van der Waals surface area (Å²) < 4.78 is 5.54. The van der Waals surface area contributed by atoms with E-state index in [1.807, 2.05) is 6.92 Å². The van der Waals surface area contributed by atoms with Crippen LogP contribution in [0.4, 0.5) is 0 Å². The van der Waals surface area contributed by atoms with E-state index >= 15 is 0 Å². The van der Waals surface area contributed by atoms with Gasteiger partial charge in [-0.25, -0.2) is 0 Å². The summed E-state index contributed by atoms with van der Waals surface area (Å²) in [6.07, 6.45) is 6.26. The third-order valence-electron chi connectivity index (χ3n) is 2.45. The van der Waals surface area contributed by atoms with Gasteiger partial charge in [0, 0.05) is 12.8 Å². The Hall–Kier alpha value is -0.960. The largest absolute Gasteiger partial charge is 0.394 e. The second kappa shape index (κ2) is 11.1. The molecule has 0 aliphatic rings. The lowest BCUT2D eigenvalue weighted by atomic mass is 10.1. The minimum atomic E-state index is -0.732. The number of hydrogen-bond acceptors (Lipinski definition) is 2. The van der Waals surface area contributed by atoms with E-state index in [-0.39, 0.29) is 13.2 Å². The van der Waals surface area contributed by atoms with E-state index in [1.54, 1.807) is 0 Å². The van der Waals surface area contributed by atoms with E-state index in [2.05, 4.69) is 37.5 Å². The predicted octanol–water partition coefficient (Wildman–Crippen LogP) is 3.14. The van der Waals surface area contributed by atoms with Gasteiger partial charge in [-0.3, -0.25) is 0 Å². The fraction of sp³-hybridized carbons (Fsp3) is 0.750. The Morgan fingerprint density at radius 2 is 1.50 bits per heavy atom. The summed E-state index contributed by atoms with van der Waals surface area (Å²) in [6.45, 7) is 6.45. The molecule has 0 unspecified atom stereocenters. The van der Waals surface area contributed by atoms with Crippen LogP contribution in [0.25, 0.3) is 0 Å². The molecule has 0 amide bonds. The lowest BCUT2D eigenvalue weighted by Gasteiger charge is -2.17. The minimum absolute atomic E-state index is 0.00285. The smallest absolute Gasteiger partial charge is 0.187 e. The van der Waals surface area contributed by atoms with E-state index in [0.29, 0.717) is 0 Å². The van der Waals surface area contributed by atoms with Crippen molar-refractivity contribution in [2.24, 2.45) is 0 Å². The molecule has 0 aromatic rings. The van der Waals surface area contributed by atoms with Crippen molar-refractivity contribution in [1.29, 1.82) is 0 Å². The first-order valence-electron chi connectivity index (χ1n) is 6.93. The molecule has 0 aromatic carbocycles. The van der Waals surface area contributed by atoms with Crippen molar-refractivity contribution in [1.82, 2.24) is 0 Å². The topological polar surface area (TPSA) is 29.5 Å². The monoisotopic (exact) mass is 250 g/mol. The maximum Gasteiger partial charge on any atom is 0.187 e. The second-order valence-electron chi connectivity index (χ2n) is 4.42. The van der Waals surface area contributed by atoms with Crippen LogP contribution < -0.4 is 0 Å². The zero-order valence-corrected chi connectivity index (χ0v) is 12.0. The standard InChI is InChI=1S/C16H26O2/c1-4-6-8-10-12-16(3,18-15-14-17)13-11-9-7-5-2/h17H,4-9,14-15H2,1-3H3. The van der Waals surface area contributed by atoms with Crippen LogP contribution in [-0.4, -0.2) is 23.9 Å². The molecule has 2 nitrogen and oxygen atoms in total. The van der Waals surface area contributed by atoms with Crippen LogP contribution in [-0.2, 0) is 4.74 Å². The summed E-state index contributed by atoms with van der Waals surface area (Å²) in [7, 11) is 0. The van der Waals surface area contributed by atoms with Crippen LogP contribution in [0.5, 0.6) is 0 Å². The van der Waals surface area contributed by atoms with Gasteiger partial charge in [0.05, 0.1) is 13.2 Å². The van der Waals surface area contributed by atoms with E-state index in [4.69, 9.17) is 9.84 Å². The van der Waals surface area contributed by atoms with Gasteiger partial charge in [-0.05, 0) is 19.8 Å². The Morgan fingerprint density at radius 3 is 1.89 bits per heavy atom. The molecule has 0 aliphatic carbocycles. The number of unbranched alkanes of at least 4 members (excludes halogenated alkanes) is 4. The average molecular weight is 250 g/mol. The van der Waals surface area contributed by atoms with Crippen LogP contribution in [0.3, 0.4) is 0 Å². The highest BCUT2D eigenvalue weighted by Crippen LogP contribution is 2.08. The van der Waals surface area contributed by atoms with E-state index in [1.165, 1.54) is 0 Å². The van der Waals surface area contributed by atoms with Gasteiger partial charge in [-0.1, -0.05) is 50.4 Å². The van der Waals surface area contributed by atoms with Crippen LogP contribution in [0.1, 0.15) is 59.3 Å². The van der Waals surface area contributed by atoms with Gasteiger partial charge in [0.15, 0.2) is 5.60 Å². The summed E-state index contributed by atoms with van der Waals surface area (Å²) in [4.78, 5) is 0. The SMILES string of the molecule is CCCCC#CC(C)(C#CCCCC)OCCO. The normalized spacial score (nSPS) is 10.2. The van der Waals surface area contributed by atoms with E-state index < -0.39 is 5.60 Å². The molecule has 2 heteroatoms. The third kappa shape index (κ3) is 9.11. The molecule has 0 fully saturated rings. The molecule has 1 N–H and O–H groups in total. The van der Waals surface area contributed by atoms with Gasteiger partial charge in [0.25, 0.3) is 0 Å². The van der Waals surface area contributed by atoms with Gasteiger partial charge in [0.1, 0.15) is 0 Å². The van der Waals surface area contributed by atoms with Crippen molar-refractivity contribution in [2.75, 3.05) is 13.2 Å². The van der Waals surface area contributed by atoms with E-state index in [9.17, 15) is 0 Å². The summed E-state index contributed by atoms with van der Waals surface area (Å²) in [5.41, 5.74) is -0.732. The fourth-order valence-corrected chi connectivity index (χ4v) is 1.35. The quantitative estimate of drug-likeness (QED) is 0.555. The van der Waals surface area contributed by atoms with Crippen molar-refractivity contribution in [2.45, 2.75) is 64.9 Å². The molecule has 0 atom stereocenters. The Bertz CT molecular complexity index is 285. The minimum Gasteiger partial charge on any atom is -0.394 e. The first-order valence-corrected chi connectivity index (χ1v) is 6.93. The predicted molar refractivity (Wildman–Crippen MR) is 76.0 cm³/mol. The zero-order chi connectivity index (χ0) is 13.7. The maximum atomic E-state index is 8.83. The zero-order valence-electron chi connectivity index (χ0n) is 12.0. The van der Waals surface area contributed by atoms with Crippen LogP contribution in [0, 0.1) is 23.7 Å². The van der Waals surface area contributed by atoms with Crippen LogP contribution in [0.2, 0.25) is 0 Å². The Labute approximate surface area is 112 Å². The molecule has 0 saturated heterocycles. The highest BCUT2D eigenvalue weighted by atomic mass is 16.5. The summed E-state index contributed by atoms with van der Waals surface area (Å²) in [5, 5.41) is 8.83. The molecule has 0 aromatic heterocycles. The lowest BCUT2D eigenvalue weighted by Crippen LogP contribution is -2.26. The van der Waals surface area contributed by atoms with Gasteiger partial charge in [-0.2, -0.15) is 0 Å². The number of ether oxygens (including phenoxy) is 1. The highest BCUT2D eigenvalue weighted by Gasteiger charge is 2.18. The van der Waals surface area contributed by atoms with Gasteiger partial charge in [0.2, 0.25) is 0 Å². The number of aliphatic hydroxyl groups excluding tert-OH is 1. The average Bonchev–Trinajstić information content (AvgIpc) is 2.38. The number of hydrogen-bond donors (Lipinski definition) is 1. The fourth-order valence-electron chi connectivity index (χ4n) is 1.35. The van der Waals surface area contributed by atoms with Crippen molar-refractivity contribution in [3.8, 4) is 23.7 Å². The number of rotatable bonds is 7. The molecule has 0 saturated carbocycles. The van der Waals surface area contributed by atoms with Crippen molar-refractivity contribution >= 4 is 0 Å². The lowest BCUT2D eigenvalue weighted by molar-refractivity contribution is 0.0297. The van der Waals surface area contributed by atoms with Gasteiger partial charge < -0.3 is 9.84 Å². The molecule has 0 rings (SSSR count). The summed E-state index contributed by atoms with van der Waals surface area (Å²) in [5.74, 6) is 12.4. The second-order valence-corrected chi connectivity index (χ2v) is 4.42. The molecular weight excluding hydrogens is 224 g/mol. The van der Waals surface area contributed by atoms with E-state index in [0.717, 1.165) is 38.5 Å². The van der Waals surface area contributed by atoms with Crippen molar-refractivity contribution in [3.63, 3.8) is 0 Å². The Kier molecular flexibility index (Phi) is 10.6. The molecule has 0 aliphatic heterocycles. The molecular formula is C16H26O2. The first-order chi connectivity index (χ1) is 8.68. The third-order valence-corrected chi connectivity index (χ3v) is 2.45. The highest BCUT2D eigenvalue weighted by molar-refractivity contribution is 5.28. The number of aliphatic hydroxyl groups is 1. The van der Waals surface area contributed by atoms with Crippen LogP contribution in [0.15, 0.2) is 0 Å². The summed E-state index contributed by atoms with van der Waals surface area (Å²) >= 11 is 0. The molecule has 0 bridgehead atoms. The van der Waals surface area contributed by atoms with Crippen molar-refractivity contribution < 1.29 is 9.84 Å². The van der Waals surface area contributed by atoms with Crippen molar-refractivity contribution in [3.05, 3.63) is 0 Å². The molecule has 0 heterocycles. The first kappa shape index (κ1) is 17.0. The Morgan fingerprint density at radius 1 is 1.00 bits per heavy atom. The molecule has 102 valence electrons. The van der Waals surface area contributed by atoms with Crippen LogP contribution >= 0.6 is 0 Å². The molecule has 0 radical (unpaired) electrons. The summed E-state index contributed by atoms with van der Waals surface area (Å²) in [6, 6.07) is 0. The van der Waals surface area contributed by atoms with Gasteiger partial charge >= 0.3 is 0 Å². The van der Waals surface area contributed by atoms with Gasteiger partial charge in [-0.15, -0.1) is 0 Å². The molecule has 0 spiro atoms. The Balaban J connectivity index is 4.46. The molecule has 18 heavy (non-hydrogen) atoms.